The zero-order valence-corrected chi connectivity index (χ0v) is 12.5. The molecule has 20 heavy (non-hydrogen) atoms. The summed E-state index contributed by atoms with van der Waals surface area (Å²) in [6.07, 6.45) is 6.03. The zero-order valence-electron chi connectivity index (χ0n) is 12.5. The first-order valence-electron chi connectivity index (χ1n) is 7.94. The number of likely N-dealkylation sites (N-methyl/N-ethyl adjacent to an activating group) is 1. The quantitative estimate of drug-likeness (QED) is 0.816. The summed E-state index contributed by atoms with van der Waals surface area (Å²) < 4.78 is 0. The van der Waals surface area contributed by atoms with Crippen molar-refractivity contribution in [1.29, 1.82) is 0 Å². The third-order valence-corrected chi connectivity index (χ3v) is 4.73. The average molecular weight is 281 g/mol. The second kappa shape index (κ2) is 7.07. The average Bonchev–Trinajstić information content (AvgIpc) is 2.85. The minimum absolute atomic E-state index is 0.0908. The lowest BCUT2D eigenvalue weighted by Gasteiger charge is -2.39. The predicted molar refractivity (Wildman–Crippen MR) is 78.0 cm³/mol. The van der Waals surface area contributed by atoms with Gasteiger partial charge in [-0.1, -0.05) is 12.8 Å². The van der Waals surface area contributed by atoms with Crippen LogP contribution in [0.2, 0.25) is 0 Å². The van der Waals surface area contributed by atoms with Crippen molar-refractivity contribution in [3.8, 4) is 0 Å². The molecule has 2 atom stereocenters. The van der Waals surface area contributed by atoms with E-state index in [4.69, 9.17) is 5.73 Å². The van der Waals surface area contributed by atoms with Gasteiger partial charge in [0.2, 0.25) is 11.8 Å². The van der Waals surface area contributed by atoms with Gasteiger partial charge in [0.1, 0.15) is 0 Å². The summed E-state index contributed by atoms with van der Waals surface area (Å²) >= 11 is 0. The molecule has 2 rings (SSSR count). The third-order valence-electron chi connectivity index (χ3n) is 4.73. The normalized spacial score (nSPS) is 26.9. The smallest absolute Gasteiger partial charge is 0.242 e. The summed E-state index contributed by atoms with van der Waals surface area (Å²) in [5.74, 6) is 0.628. The second-order valence-corrected chi connectivity index (χ2v) is 5.95. The van der Waals surface area contributed by atoms with E-state index in [1.165, 1.54) is 12.8 Å². The van der Waals surface area contributed by atoms with Crippen LogP contribution in [0.25, 0.3) is 0 Å². The lowest BCUT2D eigenvalue weighted by atomic mass is 9.83. The molecular formula is C15H27N3O2. The summed E-state index contributed by atoms with van der Waals surface area (Å²) in [4.78, 5) is 27.8. The monoisotopic (exact) mass is 281 g/mol. The Labute approximate surface area is 121 Å². The highest BCUT2D eigenvalue weighted by molar-refractivity contribution is 5.86. The number of nitrogens with two attached hydrogens (primary N) is 1. The van der Waals surface area contributed by atoms with E-state index in [-0.39, 0.29) is 24.4 Å². The molecule has 1 aliphatic heterocycles. The number of carbonyl (C=O) groups is 2. The maximum Gasteiger partial charge on any atom is 0.242 e. The van der Waals surface area contributed by atoms with E-state index in [0.717, 1.165) is 25.8 Å². The predicted octanol–water partition coefficient (Wildman–Crippen LogP) is 0.975. The Morgan fingerprint density at radius 1 is 1.35 bits per heavy atom. The van der Waals surface area contributed by atoms with Crippen molar-refractivity contribution in [3.63, 3.8) is 0 Å². The SMILES string of the molecule is CCN(C(=O)CN1CCCC1=O)C1CCCCC1CN. The summed E-state index contributed by atoms with van der Waals surface area (Å²) in [6, 6.07) is 0.268. The molecule has 2 amide bonds. The number of nitrogens with zero attached hydrogens (tertiary/aromatic N) is 2. The minimum Gasteiger partial charge on any atom is -0.338 e. The lowest BCUT2D eigenvalue weighted by Crippen LogP contribution is -2.51. The van der Waals surface area contributed by atoms with Gasteiger partial charge in [-0.2, -0.15) is 0 Å². The molecular weight excluding hydrogens is 254 g/mol. The van der Waals surface area contributed by atoms with Crippen LogP contribution >= 0.6 is 0 Å². The highest BCUT2D eigenvalue weighted by Gasteiger charge is 2.33. The Balaban J connectivity index is 1.98. The fourth-order valence-corrected chi connectivity index (χ4v) is 3.59. The van der Waals surface area contributed by atoms with Crippen LogP contribution in [0.5, 0.6) is 0 Å². The molecule has 1 aliphatic carbocycles. The highest BCUT2D eigenvalue weighted by Crippen LogP contribution is 2.28. The Kier molecular flexibility index (Phi) is 5.40. The first-order valence-corrected chi connectivity index (χ1v) is 7.94. The number of amides is 2. The molecule has 2 fully saturated rings. The number of hydrogen-bond donors (Lipinski definition) is 1. The van der Waals surface area contributed by atoms with Crippen molar-refractivity contribution in [2.45, 2.75) is 51.5 Å². The Morgan fingerprint density at radius 2 is 2.10 bits per heavy atom. The molecule has 114 valence electrons. The standard InChI is InChI=1S/C15H27N3O2/c1-2-18(13-7-4-3-6-12(13)10-16)15(20)11-17-9-5-8-14(17)19/h12-13H,2-11,16H2,1H3. The van der Waals surface area contributed by atoms with Crippen LogP contribution in [-0.2, 0) is 9.59 Å². The Hall–Kier alpha value is -1.10. The van der Waals surface area contributed by atoms with Gasteiger partial charge in [0.25, 0.3) is 0 Å². The number of carbonyl (C=O) groups excluding carboxylic acids is 2. The summed E-state index contributed by atoms with van der Waals surface area (Å²) in [7, 11) is 0. The first kappa shape index (κ1) is 15.3. The molecule has 5 nitrogen and oxygen atoms in total. The van der Waals surface area contributed by atoms with E-state index in [1.54, 1.807) is 4.90 Å². The van der Waals surface area contributed by atoms with E-state index in [2.05, 4.69) is 0 Å². The van der Waals surface area contributed by atoms with Gasteiger partial charge in [-0.15, -0.1) is 0 Å². The van der Waals surface area contributed by atoms with Crippen molar-refractivity contribution in [3.05, 3.63) is 0 Å². The molecule has 1 heterocycles. The van der Waals surface area contributed by atoms with Crippen LogP contribution in [0.3, 0.4) is 0 Å². The van der Waals surface area contributed by atoms with Crippen molar-refractivity contribution < 1.29 is 9.59 Å². The number of likely N-dealkylation sites (tertiary alicyclic amines) is 1. The van der Waals surface area contributed by atoms with Gasteiger partial charge < -0.3 is 15.5 Å². The van der Waals surface area contributed by atoms with Crippen LogP contribution in [0, 0.1) is 5.92 Å². The van der Waals surface area contributed by atoms with Crippen LogP contribution < -0.4 is 5.73 Å². The molecule has 0 aromatic rings. The third kappa shape index (κ3) is 3.32. The van der Waals surface area contributed by atoms with E-state index >= 15 is 0 Å². The molecule has 0 bridgehead atoms. The fourth-order valence-electron chi connectivity index (χ4n) is 3.59. The van der Waals surface area contributed by atoms with E-state index in [1.807, 2.05) is 11.8 Å². The van der Waals surface area contributed by atoms with Crippen molar-refractivity contribution in [2.75, 3.05) is 26.2 Å². The largest absolute Gasteiger partial charge is 0.338 e. The zero-order chi connectivity index (χ0) is 14.5. The topological polar surface area (TPSA) is 66.6 Å². The Morgan fingerprint density at radius 3 is 2.70 bits per heavy atom. The number of hydrogen-bond acceptors (Lipinski definition) is 3. The first-order chi connectivity index (χ1) is 9.67. The summed E-state index contributed by atoms with van der Waals surface area (Å²) in [5.41, 5.74) is 5.87. The maximum atomic E-state index is 12.5. The highest BCUT2D eigenvalue weighted by atomic mass is 16.2. The molecule has 1 saturated heterocycles. The van der Waals surface area contributed by atoms with Crippen LogP contribution in [0.1, 0.15) is 45.4 Å². The van der Waals surface area contributed by atoms with Gasteiger partial charge in [-0.3, -0.25) is 9.59 Å². The van der Waals surface area contributed by atoms with Gasteiger partial charge in [-0.25, -0.2) is 0 Å². The molecule has 5 heteroatoms. The van der Waals surface area contributed by atoms with Gasteiger partial charge in [0.15, 0.2) is 0 Å². The summed E-state index contributed by atoms with van der Waals surface area (Å²) in [5, 5.41) is 0. The molecule has 2 unspecified atom stereocenters. The van der Waals surface area contributed by atoms with Gasteiger partial charge >= 0.3 is 0 Å². The van der Waals surface area contributed by atoms with Crippen molar-refractivity contribution in [2.24, 2.45) is 11.7 Å². The van der Waals surface area contributed by atoms with Crippen LogP contribution in [-0.4, -0.2) is 53.8 Å². The van der Waals surface area contributed by atoms with Crippen LogP contribution in [0.15, 0.2) is 0 Å². The van der Waals surface area contributed by atoms with E-state index in [9.17, 15) is 9.59 Å². The van der Waals surface area contributed by atoms with Crippen LogP contribution in [0.4, 0.5) is 0 Å². The Bertz CT molecular complexity index is 359. The maximum absolute atomic E-state index is 12.5. The van der Waals surface area contributed by atoms with Crippen molar-refractivity contribution >= 4 is 11.8 Å². The molecule has 0 spiro atoms. The van der Waals surface area contributed by atoms with Gasteiger partial charge in [-0.05, 0) is 38.6 Å². The molecule has 2 aliphatic rings. The minimum atomic E-state index is 0.0908. The van der Waals surface area contributed by atoms with E-state index in [0.29, 0.717) is 25.4 Å². The number of rotatable bonds is 5. The fraction of sp³-hybridized carbons (Fsp3) is 0.867. The molecule has 1 saturated carbocycles. The second-order valence-electron chi connectivity index (χ2n) is 5.95. The molecule has 0 radical (unpaired) electrons. The van der Waals surface area contributed by atoms with E-state index < -0.39 is 0 Å². The van der Waals surface area contributed by atoms with Gasteiger partial charge in [0, 0.05) is 25.6 Å². The molecule has 0 aromatic carbocycles. The van der Waals surface area contributed by atoms with Crippen molar-refractivity contribution in [1.82, 2.24) is 9.80 Å². The van der Waals surface area contributed by atoms with Gasteiger partial charge in [0.05, 0.1) is 6.54 Å². The molecule has 2 N–H and O–H groups in total. The lowest BCUT2D eigenvalue weighted by molar-refractivity contribution is -0.141. The summed E-state index contributed by atoms with van der Waals surface area (Å²) in [6.45, 7) is 4.36. The molecule has 0 aromatic heterocycles.